The van der Waals surface area contributed by atoms with Gasteiger partial charge >= 0.3 is 0 Å². The molecule has 3 heteroatoms. The molecule has 72 heavy (non-hydrogen) atoms. The van der Waals surface area contributed by atoms with Crippen molar-refractivity contribution in [3.05, 3.63) is 219 Å². The van der Waals surface area contributed by atoms with Crippen molar-refractivity contribution in [3.63, 3.8) is 0 Å². The van der Waals surface area contributed by atoms with Gasteiger partial charge in [-0.05, 0) is 149 Å². The van der Waals surface area contributed by atoms with E-state index in [2.05, 4.69) is 252 Å². The van der Waals surface area contributed by atoms with Crippen molar-refractivity contribution in [1.82, 2.24) is 0 Å². The van der Waals surface area contributed by atoms with Crippen molar-refractivity contribution in [1.29, 1.82) is 0 Å². The highest BCUT2D eigenvalue weighted by Crippen LogP contribution is 2.56. The molecule has 0 spiro atoms. The molecule has 2 aliphatic carbocycles. The third-order valence-electron chi connectivity index (χ3n) is 17.8. The Kier molecular flexibility index (Phi) is 9.11. The van der Waals surface area contributed by atoms with Crippen LogP contribution >= 0.6 is 0 Å². The zero-order chi connectivity index (χ0) is 53.3. The monoisotopic (exact) mass is 942 g/mol. The minimum absolute atomic E-state index is 0.0585. The van der Waals surface area contributed by atoms with Gasteiger partial charge in [0.05, 0.1) is 5.69 Å². The van der Waals surface area contributed by atoms with Gasteiger partial charge in [-0.25, -0.2) is 0 Å². The van der Waals surface area contributed by atoms with E-state index in [0.29, 0.717) is 5.56 Å². The molecule has 0 fully saturated rings. The SMILES string of the molecule is [2H]C([2H])([2H])c1cc2c3c(c1)N(c1ccc(C(C)(C)C)cc1-c1ccccc1)c1cc4c(cc1B3c1cc3c(cc1N2c1ccc(C(C)(C)C)cc1)C(C)(C)c1ccccc1C3(C)C)C(C)(C)c1ccccc1C4(C)C. The van der Waals surface area contributed by atoms with Crippen molar-refractivity contribution in [2.45, 2.75) is 136 Å². The molecule has 2 nitrogen and oxygen atoms in total. The minimum Gasteiger partial charge on any atom is -0.311 e. The molecule has 8 aromatic carbocycles. The largest absolute Gasteiger partial charge is 0.311 e. The number of nitrogens with zero attached hydrogens (tertiary/aromatic N) is 2. The molecule has 0 radical (unpaired) electrons. The van der Waals surface area contributed by atoms with Crippen molar-refractivity contribution in [3.8, 4) is 11.1 Å². The Hall–Kier alpha value is -6.58. The number of aryl methyl sites for hydroxylation is 1. The van der Waals surface area contributed by atoms with Crippen LogP contribution in [0.2, 0.25) is 0 Å². The fourth-order valence-corrected chi connectivity index (χ4v) is 13.6. The van der Waals surface area contributed by atoms with Crippen molar-refractivity contribution in [2.75, 3.05) is 9.80 Å². The van der Waals surface area contributed by atoms with E-state index in [-0.39, 0.29) is 39.2 Å². The highest BCUT2D eigenvalue weighted by molar-refractivity contribution is 7.00. The Labute approximate surface area is 435 Å². The van der Waals surface area contributed by atoms with Gasteiger partial charge in [-0.2, -0.15) is 0 Å². The van der Waals surface area contributed by atoms with Crippen LogP contribution in [0.15, 0.2) is 158 Å². The van der Waals surface area contributed by atoms with Gasteiger partial charge in [0.2, 0.25) is 0 Å². The van der Waals surface area contributed by atoms with Crippen molar-refractivity contribution < 1.29 is 4.11 Å². The summed E-state index contributed by atoms with van der Waals surface area (Å²) in [6, 6.07) is 59.1. The number of rotatable bonds is 3. The average Bonchev–Trinajstić information content (AvgIpc) is 3.55. The molecule has 2 aliphatic heterocycles. The molecule has 4 aliphatic rings. The lowest BCUT2D eigenvalue weighted by Crippen LogP contribution is -2.62. The maximum atomic E-state index is 9.31. The number of anilines is 6. The molecule has 0 saturated heterocycles. The van der Waals surface area contributed by atoms with Gasteiger partial charge in [-0.1, -0.05) is 206 Å². The first-order chi connectivity index (χ1) is 35.1. The number of benzene rings is 8. The summed E-state index contributed by atoms with van der Waals surface area (Å²) in [5, 5.41) is 0. The quantitative estimate of drug-likeness (QED) is 0.163. The molecule has 0 amide bonds. The van der Waals surface area contributed by atoms with E-state index in [0.717, 1.165) is 50.7 Å². The maximum Gasteiger partial charge on any atom is 0.252 e. The van der Waals surface area contributed by atoms with Crippen LogP contribution < -0.4 is 26.2 Å². The first kappa shape index (κ1) is 43.0. The molecule has 8 aromatic rings. The zero-order valence-electron chi connectivity index (χ0n) is 48.0. The van der Waals surface area contributed by atoms with Crippen LogP contribution in [0.1, 0.15) is 162 Å². The lowest BCUT2D eigenvalue weighted by atomic mass is 9.32. The van der Waals surface area contributed by atoms with Crippen LogP contribution in [0.5, 0.6) is 0 Å². The van der Waals surface area contributed by atoms with E-state index < -0.39 is 6.85 Å². The summed E-state index contributed by atoms with van der Waals surface area (Å²) in [6.45, 7) is 30.1. The van der Waals surface area contributed by atoms with Gasteiger partial charge < -0.3 is 9.80 Å². The van der Waals surface area contributed by atoms with Crippen molar-refractivity contribution in [2.24, 2.45) is 0 Å². The molecule has 0 unspecified atom stereocenters. The summed E-state index contributed by atoms with van der Waals surface area (Å²) in [5.74, 6) is 0. The van der Waals surface area contributed by atoms with Gasteiger partial charge in [0.1, 0.15) is 0 Å². The highest BCUT2D eigenvalue weighted by Gasteiger charge is 2.50. The Morgan fingerprint density at radius 2 is 0.806 bits per heavy atom. The molecule has 12 rings (SSSR count). The standard InChI is InChI=1S/C69H71BN2/c1-42-35-61-63-62(36-42)72(58-34-31-45(65(5,6)7)37-47(58)43-23-17-16-18-24-43)60-41-55-53(67(10,11)49-26-20-22-28-51(49)69(55,14)15)39-57(60)70(63)56-38-52-54(68(12,13)50-27-21-19-25-48(50)66(52,8)9)40-59(56)71(61)46-32-29-44(30-33-46)64(2,3)4/h16-41H,1-15H3/i1D3. The second-order valence-corrected chi connectivity index (χ2v) is 25.7. The minimum atomic E-state index is -2.41. The number of hydrogen-bond donors (Lipinski definition) is 0. The van der Waals surface area contributed by atoms with Crippen LogP contribution in [-0.4, -0.2) is 6.71 Å². The van der Waals surface area contributed by atoms with Crippen LogP contribution in [0.4, 0.5) is 34.1 Å². The summed E-state index contributed by atoms with van der Waals surface area (Å²) in [6.07, 6.45) is 0. The van der Waals surface area contributed by atoms with E-state index in [1.807, 2.05) is 12.1 Å². The lowest BCUT2D eigenvalue weighted by Gasteiger charge is -2.49. The summed E-state index contributed by atoms with van der Waals surface area (Å²) >= 11 is 0. The predicted octanol–water partition coefficient (Wildman–Crippen LogP) is 16.3. The van der Waals surface area contributed by atoms with Crippen LogP contribution in [0.25, 0.3) is 11.1 Å². The predicted molar refractivity (Wildman–Crippen MR) is 309 cm³/mol. The Balaban J connectivity index is 1.26. The summed E-state index contributed by atoms with van der Waals surface area (Å²) in [7, 11) is 0. The summed E-state index contributed by atoms with van der Waals surface area (Å²) < 4.78 is 27.9. The van der Waals surface area contributed by atoms with Gasteiger partial charge in [0.15, 0.2) is 0 Å². The third kappa shape index (κ3) is 6.54. The summed E-state index contributed by atoms with van der Waals surface area (Å²) in [4.78, 5) is 4.88. The smallest absolute Gasteiger partial charge is 0.252 e. The number of hydrogen-bond acceptors (Lipinski definition) is 2. The van der Waals surface area contributed by atoms with E-state index in [1.54, 1.807) is 0 Å². The van der Waals surface area contributed by atoms with E-state index >= 15 is 0 Å². The van der Waals surface area contributed by atoms with E-state index in [9.17, 15) is 4.11 Å². The fourth-order valence-electron chi connectivity index (χ4n) is 13.6. The van der Waals surface area contributed by atoms with Crippen LogP contribution in [-0.2, 0) is 32.5 Å². The molecular weight excluding hydrogens is 868 g/mol. The average molecular weight is 942 g/mol. The first-order valence-corrected chi connectivity index (χ1v) is 26.3. The Bertz CT molecular complexity index is 3670. The zero-order valence-corrected chi connectivity index (χ0v) is 45.0. The molecule has 0 bridgehead atoms. The molecule has 0 aromatic heterocycles. The first-order valence-electron chi connectivity index (χ1n) is 27.8. The lowest BCUT2D eigenvalue weighted by molar-refractivity contribution is 0.521. The van der Waals surface area contributed by atoms with Gasteiger partial charge in [0, 0.05) is 59.8 Å². The highest BCUT2D eigenvalue weighted by atomic mass is 15.2. The number of fused-ring (bicyclic) bond motifs is 8. The van der Waals surface area contributed by atoms with Gasteiger partial charge in [0.25, 0.3) is 6.71 Å². The molecule has 360 valence electrons. The van der Waals surface area contributed by atoms with E-state index in [1.165, 1.54) is 66.6 Å². The topological polar surface area (TPSA) is 6.48 Å². The Morgan fingerprint density at radius 3 is 1.26 bits per heavy atom. The molecule has 0 saturated carbocycles. The van der Waals surface area contributed by atoms with E-state index in [4.69, 9.17) is 0 Å². The second kappa shape index (κ2) is 15.2. The van der Waals surface area contributed by atoms with Gasteiger partial charge in [-0.15, -0.1) is 0 Å². The molecule has 0 atom stereocenters. The Morgan fingerprint density at radius 1 is 0.389 bits per heavy atom. The molecular formula is C69H71BN2. The van der Waals surface area contributed by atoms with Crippen molar-refractivity contribution >= 4 is 57.2 Å². The maximum absolute atomic E-state index is 9.31. The molecule has 2 heterocycles. The van der Waals surface area contributed by atoms with Crippen LogP contribution in [0.3, 0.4) is 0 Å². The second-order valence-electron chi connectivity index (χ2n) is 25.7. The normalized spacial score (nSPS) is 18.0. The third-order valence-corrected chi connectivity index (χ3v) is 17.8. The summed E-state index contributed by atoms with van der Waals surface area (Å²) in [5.41, 5.74) is 23.8. The fraction of sp³-hybridized carbons (Fsp3) is 0.304. The van der Waals surface area contributed by atoms with Crippen LogP contribution in [0, 0.1) is 6.85 Å². The van der Waals surface area contributed by atoms with Gasteiger partial charge in [-0.3, -0.25) is 0 Å². The molecule has 0 N–H and O–H groups in total.